The van der Waals surface area contributed by atoms with Crippen LogP contribution in [0.5, 0.6) is 0 Å². The number of anilines is 1. The molecule has 1 aromatic carbocycles. The molecule has 188 valence electrons. The molecule has 0 unspecified atom stereocenters. The van der Waals surface area contributed by atoms with E-state index >= 15 is 0 Å². The Bertz CT molecular complexity index is 1280. The van der Waals surface area contributed by atoms with E-state index in [9.17, 15) is 9.59 Å². The van der Waals surface area contributed by atoms with E-state index in [1.807, 2.05) is 49.4 Å². The van der Waals surface area contributed by atoms with Crippen LogP contribution in [0.1, 0.15) is 73.9 Å². The highest BCUT2D eigenvalue weighted by Gasteiger charge is 2.22. The lowest BCUT2D eigenvalue weighted by atomic mass is 9.92. The summed E-state index contributed by atoms with van der Waals surface area (Å²) in [6.45, 7) is 14.1. The number of rotatable bonds is 9. The maximum atomic E-state index is 13.2. The highest BCUT2D eigenvalue weighted by molar-refractivity contribution is 6.03. The first kappa shape index (κ1) is 26.6. The molecule has 1 amide bonds. The number of amides is 1. The summed E-state index contributed by atoms with van der Waals surface area (Å²) in [5.41, 5.74) is 4.38. The quantitative estimate of drug-likeness (QED) is 0.376. The van der Waals surface area contributed by atoms with Gasteiger partial charge >= 0.3 is 5.97 Å². The first-order valence-corrected chi connectivity index (χ1v) is 12.1. The van der Waals surface area contributed by atoms with Crippen LogP contribution in [0.25, 0.3) is 17.8 Å². The largest absolute Gasteiger partial charge is 0.466 e. The number of benzene rings is 1. The lowest BCUT2D eigenvalue weighted by molar-refractivity contribution is -0.143. The van der Waals surface area contributed by atoms with Gasteiger partial charge in [0.1, 0.15) is 11.5 Å². The highest BCUT2D eigenvalue weighted by atomic mass is 16.5. The molecule has 0 saturated heterocycles. The van der Waals surface area contributed by atoms with E-state index in [1.54, 1.807) is 29.9 Å². The number of carbonyl (C=O) groups is 2. The number of allylic oxidation sites excluding steroid dienone is 1. The van der Waals surface area contributed by atoms with Crippen molar-refractivity contribution < 1.29 is 14.3 Å². The molecule has 3 rings (SSSR count). The van der Waals surface area contributed by atoms with E-state index in [0.717, 1.165) is 28.1 Å². The lowest BCUT2D eigenvalue weighted by Gasteiger charge is -2.14. The summed E-state index contributed by atoms with van der Waals surface area (Å²) in [6, 6.07) is 11.4. The Morgan fingerprint density at radius 3 is 2.61 bits per heavy atom. The Labute approximate surface area is 212 Å². The summed E-state index contributed by atoms with van der Waals surface area (Å²) in [5.74, 6) is -0.0247. The molecule has 1 N–H and O–H groups in total. The van der Waals surface area contributed by atoms with Gasteiger partial charge in [0.05, 0.1) is 18.0 Å². The number of esters is 1. The van der Waals surface area contributed by atoms with Gasteiger partial charge in [0, 0.05) is 24.1 Å². The van der Waals surface area contributed by atoms with Crippen LogP contribution in [0.2, 0.25) is 0 Å². The van der Waals surface area contributed by atoms with Crippen LogP contribution in [0.15, 0.2) is 55.3 Å². The summed E-state index contributed by atoms with van der Waals surface area (Å²) >= 11 is 0. The number of hydrogen-bond acceptors (Lipinski definition) is 5. The normalized spacial score (nSPS) is 11.5. The predicted octanol–water partition coefficient (Wildman–Crippen LogP) is 5.99. The minimum atomic E-state index is -0.337. The summed E-state index contributed by atoms with van der Waals surface area (Å²) < 4.78 is 6.76. The zero-order valence-electron chi connectivity index (χ0n) is 21.7. The molecular formula is C29H34N4O3. The third-order valence-corrected chi connectivity index (χ3v) is 5.56. The minimum Gasteiger partial charge on any atom is -0.466 e. The van der Waals surface area contributed by atoms with Crippen molar-refractivity contribution in [3.05, 3.63) is 83.3 Å². The van der Waals surface area contributed by atoms with Gasteiger partial charge in [-0.1, -0.05) is 57.7 Å². The first-order valence-electron chi connectivity index (χ1n) is 12.1. The molecule has 36 heavy (non-hydrogen) atoms. The zero-order chi connectivity index (χ0) is 26.3. The number of aromatic nitrogens is 3. The van der Waals surface area contributed by atoms with E-state index in [0.29, 0.717) is 31.0 Å². The molecule has 2 aromatic heterocycles. The van der Waals surface area contributed by atoms with Gasteiger partial charge in [-0.3, -0.25) is 14.6 Å². The van der Waals surface area contributed by atoms with Crippen LogP contribution in [-0.4, -0.2) is 33.2 Å². The fourth-order valence-corrected chi connectivity index (χ4v) is 3.64. The first-order chi connectivity index (χ1) is 17.2. The van der Waals surface area contributed by atoms with Gasteiger partial charge in [-0.2, -0.15) is 5.10 Å². The Morgan fingerprint density at radius 2 is 1.94 bits per heavy atom. The monoisotopic (exact) mass is 486 g/mol. The van der Waals surface area contributed by atoms with E-state index < -0.39 is 0 Å². The van der Waals surface area contributed by atoms with Gasteiger partial charge in [0.2, 0.25) is 0 Å². The average molecular weight is 487 g/mol. The molecule has 3 aromatic rings. The third-order valence-electron chi connectivity index (χ3n) is 5.56. The van der Waals surface area contributed by atoms with Crippen molar-refractivity contribution in [2.24, 2.45) is 0 Å². The van der Waals surface area contributed by atoms with Crippen molar-refractivity contribution in [1.82, 2.24) is 14.8 Å². The van der Waals surface area contributed by atoms with Gasteiger partial charge in [-0.15, -0.1) is 0 Å². The summed E-state index contributed by atoms with van der Waals surface area (Å²) in [6.07, 6.45) is 8.03. The average Bonchev–Trinajstić information content (AvgIpc) is 3.28. The second-order valence-corrected chi connectivity index (χ2v) is 9.41. The molecule has 0 spiro atoms. The Morgan fingerprint density at radius 1 is 1.17 bits per heavy atom. The van der Waals surface area contributed by atoms with Crippen LogP contribution < -0.4 is 5.32 Å². The van der Waals surface area contributed by atoms with Gasteiger partial charge < -0.3 is 10.1 Å². The van der Waals surface area contributed by atoms with Gasteiger partial charge in [-0.05, 0) is 55.2 Å². The van der Waals surface area contributed by atoms with Crippen LogP contribution in [0.3, 0.4) is 0 Å². The molecule has 0 saturated carbocycles. The number of hydrogen-bond donors (Lipinski definition) is 1. The van der Waals surface area contributed by atoms with Crippen LogP contribution in [0.4, 0.5) is 5.82 Å². The Hall–Kier alpha value is -4.00. The van der Waals surface area contributed by atoms with Crippen molar-refractivity contribution in [1.29, 1.82) is 0 Å². The fraction of sp³-hybridized carbons (Fsp3) is 0.310. The second kappa shape index (κ2) is 11.6. The molecule has 0 aliphatic heterocycles. The standard InChI is InChI=1S/C29H34N4O3/c1-7-11-22-17-24(30-19-21(22)8-2)28(35)31-26-18-25(29(4,5)6)32-33(26)23-13-10-12-20(16-23)14-15-27(34)36-9-3/h7-8,10-13,16-19H,2,9,14-15H2,1,3-6H3,(H,31,35)/b11-7-. The summed E-state index contributed by atoms with van der Waals surface area (Å²) in [4.78, 5) is 29.3. The fourth-order valence-electron chi connectivity index (χ4n) is 3.64. The molecule has 0 bridgehead atoms. The summed E-state index contributed by atoms with van der Waals surface area (Å²) in [7, 11) is 0. The van der Waals surface area contributed by atoms with E-state index in [4.69, 9.17) is 9.84 Å². The lowest BCUT2D eigenvalue weighted by Crippen LogP contribution is -2.17. The Balaban J connectivity index is 1.94. The number of pyridine rings is 1. The van der Waals surface area contributed by atoms with E-state index in [2.05, 4.69) is 37.7 Å². The molecule has 7 heteroatoms. The molecule has 0 aliphatic rings. The zero-order valence-corrected chi connectivity index (χ0v) is 21.7. The molecule has 0 aliphatic carbocycles. The molecular weight excluding hydrogens is 452 g/mol. The van der Waals surface area contributed by atoms with Gasteiger partial charge in [0.15, 0.2) is 0 Å². The smallest absolute Gasteiger partial charge is 0.306 e. The maximum Gasteiger partial charge on any atom is 0.306 e. The van der Waals surface area contributed by atoms with Crippen LogP contribution in [-0.2, 0) is 21.4 Å². The molecule has 2 heterocycles. The molecule has 7 nitrogen and oxygen atoms in total. The topological polar surface area (TPSA) is 86.1 Å². The van der Waals surface area contributed by atoms with Crippen molar-refractivity contribution in [3.8, 4) is 5.69 Å². The van der Waals surface area contributed by atoms with Crippen molar-refractivity contribution in [3.63, 3.8) is 0 Å². The summed E-state index contributed by atoms with van der Waals surface area (Å²) in [5, 5.41) is 7.79. The number of nitrogens with zero attached hydrogens (tertiary/aromatic N) is 3. The molecule has 0 atom stereocenters. The number of ether oxygens (including phenoxy) is 1. The molecule has 0 fully saturated rings. The van der Waals surface area contributed by atoms with Crippen LogP contribution >= 0.6 is 0 Å². The third kappa shape index (κ3) is 6.56. The SMILES string of the molecule is C=Cc1cnc(C(=O)Nc2cc(C(C)(C)C)nn2-c2cccc(CCC(=O)OCC)c2)cc1/C=C\C. The highest BCUT2D eigenvalue weighted by Crippen LogP contribution is 2.27. The number of aryl methyl sites for hydroxylation is 1. The predicted molar refractivity (Wildman–Crippen MR) is 144 cm³/mol. The van der Waals surface area contributed by atoms with Crippen molar-refractivity contribution in [2.45, 2.75) is 52.9 Å². The Kier molecular flexibility index (Phi) is 8.59. The van der Waals surface area contributed by atoms with Crippen molar-refractivity contribution >= 4 is 29.8 Å². The van der Waals surface area contributed by atoms with Crippen LogP contribution in [0, 0.1) is 0 Å². The minimum absolute atomic E-state index is 0.225. The van der Waals surface area contributed by atoms with E-state index in [-0.39, 0.29) is 17.3 Å². The van der Waals surface area contributed by atoms with Gasteiger partial charge in [-0.25, -0.2) is 4.68 Å². The molecule has 0 radical (unpaired) electrons. The van der Waals surface area contributed by atoms with E-state index in [1.165, 1.54) is 0 Å². The second-order valence-electron chi connectivity index (χ2n) is 9.41. The maximum absolute atomic E-state index is 13.2. The van der Waals surface area contributed by atoms with Crippen molar-refractivity contribution in [2.75, 3.05) is 11.9 Å². The number of nitrogens with one attached hydrogen (secondary N) is 1. The number of carbonyl (C=O) groups excluding carboxylic acids is 2. The van der Waals surface area contributed by atoms with Gasteiger partial charge in [0.25, 0.3) is 5.91 Å².